The monoisotopic (exact) mass is 238 g/mol. The molecule has 16 heavy (non-hydrogen) atoms. The lowest BCUT2D eigenvalue weighted by molar-refractivity contribution is 0.540. The molecular formula is C9H14N6S. The van der Waals surface area contributed by atoms with Crippen LogP contribution in [-0.4, -0.2) is 31.1 Å². The van der Waals surface area contributed by atoms with E-state index in [9.17, 15) is 0 Å². The Balaban J connectivity index is 2.25. The van der Waals surface area contributed by atoms with E-state index in [4.69, 9.17) is 0 Å². The van der Waals surface area contributed by atoms with Crippen molar-refractivity contribution in [1.82, 2.24) is 29.9 Å². The van der Waals surface area contributed by atoms with Crippen molar-refractivity contribution in [2.75, 3.05) is 6.54 Å². The molecule has 0 bridgehead atoms. The van der Waals surface area contributed by atoms with E-state index >= 15 is 0 Å². The van der Waals surface area contributed by atoms with Crippen LogP contribution in [0.5, 0.6) is 0 Å². The predicted octanol–water partition coefficient (Wildman–Crippen LogP) is 0.756. The molecule has 0 amide bonds. The van der Waals surface area contributed by atoms with Gasteiger partial charge in [-0.05, 0) is 24.5 Å². The van der Waals surface area contributed by atoms with Crippen LogP contribution >= 0.6 is 11.5 Å². The number of rotatable bonds is 5. The molecule has 6 nitrogen and oxygen atoms in total. The van der Waals surface area contributed by atoms with Gasteiger partial charge >= 0.3 is 0 Å². The summed E-state index contributed by atoms with van der Waals surface area (Å²) in [4.78, 5) is 0. The zero-order valence-corrected chi connectivity index (χ0v) is 10.1. The maximum atomic E-state index is 4.10. The Morgan fingerprint density at radius 3 is 3.00 bits per heavy atom. The second-order valence-corrected chi connectivity index (χ2v) is 4.11. The van der Waals surface area contributed by atoms with Crippen molar-refractivity contribution in [2.45, 2.75) is 19.4 Å². The van der Waals surface area contributed by atoms with Gasteiger partial charge in [-0.1, -0.05) is 16.6 Å². The first-order valence-electron chi connectivity index (χ1n) is 5.17. The fraction of sp³-hybridized carbons (Fsp3) is 0.556. The Bertz CT molecular complexity index is 423. The molecule has 1 N–H and O–H groups in total. The van der Waals surface area contributed by atoms with E-state index in [1.54, 1.807) is 10.9 Å². The van der Waals surface area contributed by atoms with Crippen LogP contribution in [0.2, 0.25) is 0 Å². The average Bonchev–Trinajstić information content (AvgIpc) is 2.91. The number of nitrogens with zero attached hydrogens (tertiary/aromatic N) is 5. The SMILES string of the molecule is CCCNC(c1csnn1)c1cnnn1C. The van der Waals surface area contributed by atoms with Gasteiger partial charge in [0.2, 0.25) is 0 Å². The van der Waals surface area contributed by atoms with E-state index in [-0.39, 0.29) is 6.04 Å². The molecule has 0 aliphatic carbocycles. The highest BCUT2D eigenvalue weighted by Gasteiger charge is 2.19. The van der Waals surface area contributed by atoms with Gasteiger partial charge in [0.1, 0.15) is 0 Å². The first-order chi connectivity index (χ1) is 7.83. The Kier molecular flexibility index (Phi) is 3.58. The maximum Gasteiger partial charge on any atom is 0.0986 e. The number of hydrogen-bond acceptors (Lipinski definition) is 6. The van der Waals surface area contributed by atoms with Crippen molar-refractivity contribution in [2.24, 2.45) is 7.05 Å². The molecule has 0 spiro atoms. The minimum absolute atomic E-state index is 0.0266. The van der Waals surface area contributed by atoms with Gasteiger partial charge in [0.15, 0.2) is 0 Å². The predicted molar refractivity (Wildman–Crippen MR) is 61.0 cm³/mol. The molecule has 1 unspecified atom stereocenters. The minimum Gasteiger partial charge on any atom is -0.304 e. The number of aryl methyl sites for hydroxylation is 1. The van der Waals surface area contributed by atoms with Gasteiger partial charge in [-0.25, -0.2) is 0 Å². The van der Waals surface area contributed by atoms with Crippen molar-refractivity contribution in [3.8, 4) is 0 Å². The van der Waals surface area contributed by atoms with Gasteiger partial charge in [-0.2, -0.15) is 0 Å². The van der Waals surface area contributed by atoms with Gasteiger partial charge in [0.05, 0.1) is 23.6 Å². The Morgan fingerprint density at radius 1 is 1.56 bits per heavy atom. The van der Waals surface area contributed by atoms with Crippen molar-refractivity contribution in [3.05, 3.63) is 23.0 Å². The highest BCUT2D eigenvalue weighted by atomic mass is 32.1. The average molecular weight is 238 g/mol. The molecule has 0 aromatic carbocycles. The van der Waals surface area contributed by atoms with Crippen LogP contribution in [0, 0.1) is 0 Å². The van der Waals surface area contributed by atoms with Crippen LogP contribution in [0.25, 0.3) is 0 Å². The Hall–Kier alpha value is -1.34. The second-order valence-electron chi connectivity index (χ2n) is 3.50. The standard InChI is InChI=1S/C9H14N6S/c1-3-4-10-9(7-6-16-14-12-7)8-5-11-13-15(8)2/h5-6,9-10H,3-4H2,1-2H3. The maximum absolute atomic E-state index is 4.10. The molecule has 2 heterocycles. The van der Waals surface area contributed by atoms with Crippen molar-refractivity contribution in [3.63, 3.8) is 0 Å². The lowest BCUT2D eigenvalue weighted by Gasteiger charge is -2.15. The van der Waals surface area contributed by atoms with Crippen LogP contribution in [0.3, 0.4) is 0 Å². The van der Waals surface area contributed by atoms with Crippen LogP contribution < -0.4 is 5.32 Å². The third-order valence-electron chi connectivity index (χ3n) is 2.32. The molecule has 0 fully saturated rings. The zero-order valence-electron chi connectivity index (χ0n) is 9.29. The number of hydrogen-bond donors (Lipinski definition) is 1. The summed E-state index contributed by atoms with van der Waals surface area (Å²) in [6.45, 7) is 3.05. The number of nitrogens with one attached hydrogen (secondary N) is 1. The summed E-state index contributed by atoms with van der Waals surface area (Å²) in [6.07, 6.45) is 2.83. The van der Waals surface area contributed by atoms with Gasteiger partial charge < -0.3 is 5.32 Å². The van der Waals surface area contributed by atoms with E-state index in [1.807, 2.05) is 12.4 Å². The van der Waals surface area contributed by atoms with E-state index in [1.165, 1.54) is 11.5 Å². The summed E-state index contributed by atoms with van der Waals surface area (Å²) in [6, 6.07) is 0.0266. The summed E-state index contributed by atoms with van der Waals surface area (Å²) in [7, 11) is 1.88. The molecule has 1 atom stereocenters. The first-order valence-corrected chi connectivity index (χ1v) is 6.01. The van der Waals surface area contributed by atoms with E-state index in [2.05, 4.69) is 32.1 Å². The zero-order chi connectivity index (χ0) is 11.4. The van der Waals surface area contributed by atoms with Crippen LogP contribution in [0.4, 0.5) is 0 Å². The quantitative estimate of drug-likeness (QED) is 0.832. The highest BCUT2D eigenvalue weighted by molar-refractivity contribution is 7.03. The molecule has 86 valence electrons. The summed E-state index contributed by atoms with van der Waals surface area (Å²) in [5.74, 6) is 0. The molecule has 2 aromatic heterocycles. The molecule has 0 aliphatic heterocycles. The first kappa shape index (κ1) is 11.2. The van der Waals surface area contributed by atoms with Crippen molar-refractivity contribution in [1.29, 1.82) is 0 Å². The summed E-state index contributed by atoms with van der Waals surface area (Å²) < 4.78 is 5.65. The number of aromatic nitrogens is 5. The van der Waals surface area contributed by atoms with Crippen LogP contribution in [0.1, 0.15) is 30.8 Å². The lowest BCUT2D eigenvalue weighted by atomic mass is 10.1. The fourth-order valence-corrected chi connectivity index (χ4v) is 1.99. The van der Waals surface area contributed by atoms with Crippen LogP contribution in [-0.2, 0) is 7.05 Å². The Morgan fingerprint density at radius 2 is 2.44 bits per heavy atom. The molecule has 0 aliphatic rings. The van der Waals surface area contributed by atoms with Gasteiger partial charge in [-0.15, -0.1) is 10.2 Å². The molecular weight excluding hydrogens is 224 g/mol. The topological polar surface area (TPSA) is 68.5 Å². The fourth-order valence-electron chi connectivity index (χ4n) is 1.51. The highest BCUT2D eigenvalue weighted by Crippen LogP contribution is 2.19. The minimum atomic E-state index is 0.0266. The third kappa shape index (κ3) is 2.25. The molecule has 7 heteroatoms. The van der Waals surface area contributed by atoms with E-state index in [0.29, 0.717) is 0 Å². The largest absolute Gasteiger partial charge is 0.304 e. The van der Waals surface area contributed by atoms with Gasteiger partial charge in [-0.3, -0.25) is 4.68 Å². The smallest absolute Gasteiger partial charge is 0.0986 e. The van der Waals surface area contributed by atoms with E-state index in [0.717, 1.165) is 24.4 Å². The molecule has 0 saturated carbocycles. The van der Waals surface area contributed by atoms with Crippen LogP contribution in [0.15, 0.2) is 11.6 Å². The second kappa shape index (κ2) is 5.13. The van der Waals surface area contributed by atoms with Crippen molar-refractivity contribution >= 4 is 11.5 Å². The van der Waals surface area contributed by atoms with Gasteiger partial charge in [0.25, 0.3) is 0 Å². The summed E-state index contributed by atoms with van der Waals surface area (Å²) in [5.41, 5.74) is 1.92. The molecule has 2 rings (SSSR count). The van der Waals surface area contributed by atoms with Crippen molar-refractivity contribution < 1.29 is 0 Å². The van der Waals surface area contributed by atoms with E-state index < -0.39 is 0 Å². The summed E-state index contributed by atoms with van der Waals surface area (Å²) in [5, 5.41) is 17.3. The normalized spacial score (nSPS) is 12.9. The lowest BCUT2D eigenvalue weighted by Crippen LogP contribution is -2.25. The molecule has 0 saturated heterocycles. The summed E-state index contributed by atoms with van der Waals surface area (Å²) >= 11 is 1.35. The molecule has 2 aromatic rings. The Labute approximate surface area is 97.8 Å². The third-order valence-corrected chi connectivity index (χ3v) is 2.84. The molecule has 0 radical (unpaired) electrons. The van der Waals surface area contributed by atoms with Gasteiger partial charge in [0, 0.05) is 12.4 Å².